The Bertz CT molecular complexity index is 342. The third-order valence-electron chi connectivity index (χ3n) is 2.99. The van der Waals surface area contributed by atoms with E-state index in [1.807, 2.05) is 12.1 Å². The van der Waals surface area contributed by atoms with E-state index >= 15 is 0 Å². The van der Waals surface area contributed by atoms with Crippen molar-refractivity contribution in [3.05, 3.63) is 34.3 Å². The molecule has 1 aromatic carbocycles. The Morgan fingerprint density at radius 2 is 2.14 bits per heavy atom. The van der Waals surface area contributed by atoms with Crippen LogP contribution in [0.2, 0.25) is 5.02 Å². The summed E-state index contributed by atoms with van der Waals surface area (Å²) in [5, 5.41) is 0.875. The van der Waals surface area contributed by atoms with Crippen LogP contribution in [0.4, 0.5) is 0 Å². The van der Waals surface area contributed by atoms with E-state index in [4.69, 9.17) is 17.3 Å². The fourth-order valence-electron chi connectivity index (χ4n) is 1.69. The summed E-state index contributed by atoms with van der Waals surface area (Å²) in [5.41, 5.74) is 8.68. The van der Waals surface area contributed by atoms with Crippen LogP contribution in [-0.2, 0) is 6.42 Å². The Hall–Kier alpha value is -0.530. The standard InChI is InChI=1S/C12H16ClN/c1-9-2-3-11(13)10(8-9)4-5-12(14)6-7-12/h2-3,8H,4-7,14H2,1H3. The maximum Gasteiger partial charge on any atom is 0.0438 e. The number of benzene rings is 1. The molecule has 0 spiro atoms. The topological polar surface area (TPSA) is 26.0 Å². The molecule has 1 saturated carbocycles. The van der Waals surface area contributed by atoms with Crippen molar-refractivity contribution in [1.82, 2.24) is 0 Å². The van der Waals surface area contributed by atoms with Crippen molar-refractivity contribution < 1.29 is 0 Å². The normalized spacial score (nSPS) is 18.2. The fraction of sp³-hybridized carbons (Fsp3) is 0.500. The molecule has 0 radical (unpaired) electrons. The molecule has 1 aliphatic carbocycles. The van der Waals surface area contributed by atoms with Crippen LogP contribution in [-0.4, -0.2) is 5.54 Å². The Labute approximate surface area is 90.3 Å². The molecule has 0 bridgehead atoms. The average molecular weight is 210 g/mol. The van der Waals surface area contributed by atoms with Crippen LogP contribution in [0.25, 0.3) is 0 Å². The van der Waals surface area contributed by atoms with Gasteiger partial charge in [-0.2, -0.15) is 0 Å². The maximum absolute atomic E-state index is 6.10. The van der Waals surface area contributed by atoms with Gasteiger partial charge in [0, 0.05) is 10.6 Å². The SMILES string of the molecule is Cc1ccc(Cl)c(CCC2(N)CC2)c1. The van der Waals surface area contributed by atoms with Gasteiger partial charge in [-0.15, -0.1) is 0 Å². The van der Waals surface area contributed by atoms with Gasteiger partial charge in [0.2, 0.25) is 0 Å². The molecule has 0 atom stereocenters. The second-order valence-electron chi connectivity index (χ2n) is 4.46. The zero-order valence-corrected chi connectivity index (χ0v) is 9.27. The monoisotopic (exact) mass is 209 g/mol. The van der Waals surface area contributed by atoms with Crippen LogP contribution in [0.1, 0.15) is 30.4 Å². The molecule has 0 saturated heterocycles. The average Bonchev–Trinajstić information content (AvgIpc) is 2.87. The highest BCUT2D eigenvalue weighted by atomic mass is 35.5. The van der Waals surface area contributed by atoms with E-state index < -0.39 is 0 Å². The lowest BCUT2D eigenvalue weighted by molar-refractivity contribution is 0.609. The summed E-state index contributed by atoms with van der Waals surface area (Å²) in [6, 6.07) is 6.18. The van der Waals surface area contributed by atoms with Gasteiger partial charge in [0.25, 0.3) is 0 Å². The molecule has 1 aromatic rings. The van der Waals surface area contributed by atoms with Gasteiger partial charge in [-0.1, -0.05) is 29.3 Å². The molecule has 0 amide bonds. The van der Waals surface area contributed by atoms with E-state index in [0.717, 1.165) is 17.9 Å². The quantitative estimate of drug-likeness (QED) is 0.814. The molecule has 1 fully saturated rings. The van der Waals surface area contributed by atoms with Crippen LogP contribution < -0.4 is 5.73 Å². The summed E-state index contributed by atoms with van der Waals surface area (Å²) in [7, 11) is 0. The third kappa shape index (κ3) is 2.28. The van der Waals surface area contributed by atoms with E-state index in [9.17, 15) is 0 Å². The molecule has 76 valence electrons. The molecule has 2 N–H and O–H groups in total. The molecule has 1 nitrogen and oxygen atoms in total. The van der Waals surface area contributed by atoms with Crippen LogP contribution in [0.3, 0.4) is 0 Å². The van der Waals surface area contributed by atoms with Gasteiger partial charge in [-0.3, -0.25) is 0 Å². The van der Waals surface area contributed by atoms with Crippen molar-refractivity contribution in [2.45, 2.75) is 38.1 Å². The van der Waals surface area contributed by atoms with Crippen LogP contribution in [0.15, 0.2) is 18.2 Å². The first kappa shape index (κ1) is 10.0. The number of hydrogen-bond donors (Lipinski definition) is 1. The Morgan fingerprint density at radius 3 is 2.79 bits per heavy atom. The van der Waals surface area contributed by atoms with Crippen molar-refractivity contribution in [2.24, 2.45) is 5.73 Å². The number of hydrogen-bond acceptors (Lipinski definition) is 1. The van der Waals surface area contributed by atoms with E-state index in [0.29, 0.717) is 0 Å². The summed E-state index contributed by atoms with van der Waals surface area (Å²) in [5.74, 6) is 0. The van der Waals surface area contributed by atoms with Gasteiger partial charge >= 0.3 is 0 Å². The summed E-state index contributed by atoms with van der Waals surface area (Å²) in [6.45, 7) is 2.09. The molecule has 0 aliphatic heterocycles. The van der Waals surface area contributed by atoms with Crippen molar-refractivity contribution in [2.75, 3.05) is 0 Å². The Kier molecular flexibility index (Phi) is 2.54. The molecule has 0 heterocycles. The van der Waals surface area contributed by atoms with Gasteiger partial charge in [0.15, 0.2) is 0 Å². The molecule has 1 aliphatic rings. The van der Waals surface area contributed by atoms with Gasteiger partial charge < -0.3 is 5.73 Å². The Balaban J connectivity index is 2.04. The van der Waals surface area contributed by atoms with Gasteiger partial charge in [-0.05, 0) is 44.2 Å². The lowest BCUT2D eigenvalue weighted by Gasteiger charge is -2.09. The second-order valence-corrected chi connectivity index (χ2v) is 4.86. The zero-order valence-electron chi connectivity index (χ0n) is 8.52. The summed E-state index contributed by atoms with van der Waals surface area (Å²) in [6.07, 6.45) is 4.43. The third-order valence-corrected chi connectivity index (χ3v) is 3.35. The predicted octanol–water partition coefficient (Wildman–Crippen LogP) is 3.07. The van der Waals surface area contributed by atoms with Crippen molar-refractivity contribution >= 4 is 11.6 Å². The largest absolute Gasteiger partial charge is 0.325 e. The van der Waals surface area contributed by atoms with E-state index in [2.05, 4.69) is 13.0 Å². The second kappa shape index (κ2) is 3.56. The van der Waals surface area contributed by atoms with E-state index in [-0.39, 0.29) is 5.54 Å². The summed E-state index contributed by atoms with van der Waals surface area (Å²) in [4.78, 5) is 0. The first-order valence-electron chi connectivity index (χ1n) is 5.13. The number of halogens is 1. The highest BCUT2D eigenvalue weighted by Crippen LogP contribution is 2.37. The molecule has 0 aromatic heterocycles. The lowest BCUT2D eigenvalue weighted by Crippen LogP contribution is -2.22. The summed E-state index contributed by atoms with van der Waals surface area (Å²) >= 11 is 6.10. The zero-order chi connectivity index (χ0) is 10.2. The number of rotatable bonds is 3. The van der Waals surface area contributed by atoms with Gasteiger partial charge in [0.1, 0.15) is 0 Å². The smallest absolute Gasteiger partial charge is 0.0438 e. The number of nitrogens with two attached hydrogens (primary N) is 1. The first-order valence-corrected chi connectivity index (χ1v) is 5.51. The van der Waals surface area contributed by atoms with Crippen molar-refractivity contribution in [1.29, 1.82) is 0 Å². The first-order chi connectivity index (χ1) is 6.59. The molecule has 2 heteroatoms. The minimum Gasteiger partial charge on any atom is -0.325 e. The highest BCUT2D eigenvalue weighted by Gasteiger charge is 2.37. The van der Waals surface area contributed by atoms with Gasteiger partial charge in [0.05, 0.1) is 0 Å². The van der Waals surface area contributed by atoms with Crippen LogP contribution in [0.5, 0.6) is 0 Å². The predicted molar refractivity (Wildman–Crippen MR) is 60.7 cm³/mol. The molecule has 14 heavy (non-hydrogen) atoms. The lowest BCUT2D eigenvalue weighted by atomic mass is 10.0. The maximum atomic E-state index is 6.10. The van der Waals surface area contributed by atoms with Crippen LogP contribution in [0, 0.1) is 6.92 Å². The van der Waals surface area contributed by atoms with Gasteiger partial charge in [-0.25, -0.2) is 0 Å². The molecule has 0 unspecified atom stereocenters. The fourth-order valence-corrected chi connectivity index (χ4v) is 1.90. The highest BCUT2D eigenvalue weighted by molar-refractivity contribution is 6.31. The minimum atomic E-state index is 0.132. The molecular formula is C12H16ClN. The van der Waals surface area contributed by atoms with E-state index in [1.165, 1.54) is 24.0 Å². The number of aryl methyl sites for hydroxylation is 2. The minimum absolute atomic E-state index is 0.132. The molecule has 2 rings (SSSR count). The Morgan fingerprint density at radius 1 is 1.43 bits per heavy atom. The van der Waals surface area contributed by atoms with Crippen LogP contribution >= 0.6 is 11.6 Å². The summed E-state index contributed by atoms with van der Waals surface area (Å²) < 4.78 is 0. The van der Waals surface area contributed by atoms with E-state index in [1.54, 1.807) is 0 Å². The van der Waals surface area contributed by atoms with Crippen molar-refractivity contribution in [3.63, 3.8) is 0 Å². The van der Waals surface area contributed by atoms with Crippen molar-refractivity contribution in [3.8, 4) is 0 Å². The molecular weight excluding hydrogens is 194 g/mol.